The van der Waals surface area contributed by atoms with E-state index >= 15 is 0 Å². The number of fused-ring (bicyclic) bond motifs is 3. The van der Waals surface area contributed by atoms with Crippen LogP contribution >= 0.6 is 31.4 Å². The summed E-state index contributed by atoms with van der Waals surface area (Å²) in [5, 5.41) is 20.3. The average Bonchev–Trinajstić information content (AvgIpc) is 2.96. The van der Waals surface area contributed by atoms with Gasteiger partial charge in [-0.3, -0.25) is 9.36 Å². The quantitative estimate of drug-likeness (QED) is 0.109. The van der Waals surface area contributed by atoms with Gasteiger partial charge in [0.05, 0.1) is 24.3 Å². The molecule has 0 saturated heterocycles. The van der Waals surface area contributed by atoms with Crippen LogP contribution < -0.4 is 10.6 Å². The van der Waals surface area contributed by atoms with Crippen LogP contribution in [0, 0.1) is 11.3 Å². The van der Waals surface area contributed by atoms with Crippen molar-refractivity contribution >= 4 is 48.1 Å². The van der Waals surface area contributed by atoms with Gasteiger partial charge < -0.3 is 24.9 Å². The lowest BCUT2D eigenvalue weighted by Crippen LogP contribution is -2.58. The smallest absolute Gasteiger partial charge is 0.357 e. The van der Waals surface area contributed by atoms with Crippen LogP contribution in [0.2, 0.25) is 5.02 Å². The van der Waals surface area contributed by atoms with Gasteiger partial charge in [0.15, 0.2) is 10.9 Å². The molecule has 0 aromatic heterocycles. The van der Waals surface area contributed by atoms with Crippen molar-refractivity contribution in [3.8, 4) is 0 Å². The lowest BCUT2D eigenvalue weighted by Gasteiger charge is -2.54. The molecule has 2 aromatic rings. The highest BCUT2D eigenvalue weighted by Gasteiger charge is 2.56. The zero-order valence-electron chi connectivity index (χ0n) is 25.8. The van der Waals surface area contributed by atoms with Gasteiger partial charge in [-0.1, -0.05) is 75.1 Å². The first kappa shape index (κ1) is 33.6. The third kappa shape index (κ3) is 6.57. The largest absolute Gasteiger partial charge is 0.411 e. The Morgan fingerprint density at radius 3 is 2.33 bits per heavy atom. The number of nitrogens with one attached hydrogen (secondary N) is 2. The Labute approximate surface area is 265 Å². The van der Waals surface area contributed by atoms with Gasteiger partial charge in [0.1, 0.15) is 0 Å². The van der Waals surface area contributed by atoms with Crippen LogP contribution in [0.1, 0.15) is 101 Å². The maximum atomic E-state index is 14.2. The van der Waals surface area contributed by atoms with Gasteiger partial charge in [0, 0.05) is 10.6 Å². The maximum Gasteiger partial charge on any atom is 0.357 e. The van der Waals surface area contributed by atoms with Crippen LogP contribution in [0.15, 0.2) is 47.6 Å². The number of oxime groups is 1. The standard InChI is InChI=1S/C32H43ClN3O5PS/c1-7-40-42(39,41-8-2)28(21-10-13-23(33)14-11-21)34-30(43)35-29(37)32(6)17-9-16-31(5)25-15-12-22(20(3)4)18-24(25)26(36-38)19-27(31)32/h10-15,18,20,27-28,38H,7-9,16-17,19H2,1-6H3,(H2,34,35,37,43)/b36-26-/t27?,28?,31-,32-/m1/s1. The number of thiocarbonyl (C=S) groups is 1. The highest BCUT2D eigenvalue weighted by Crippen LogP contribution is 2.60. The van der Waals surface area contributed by atoms with E-state index < -0.39 is 18.8 Å². The number of carbonyl (C=O) groups excluding carboxylic acids is 1. The van der Waals surface area contributed by atoms with Gasteiger partial charge >= 0.3 is 7.60 Å². The van der Waals surface area contributed by atoms with E-state index in [2.05, 4.69) is 54.8 Å². The highest BCUT2D eigenvalue weighted by atomic mass is 35.5. The van der Waals surface area contributed by atoms with E-state index in [0.29, 0.717) is 35.1 Å². The molecule has 4 atom stereocenters. The fourth-order valence-corrected chi connectivity index (χ4v) is 9.26. The van der Waals surface area contributed by atoms with Gasteiger partial charge in [0.25, 0.3) is 0 Å². The molecule has 4 rings (SSSR count). The molecule has 0 heterocycles. The number of rotatable bonds is 9. The van der Waals surface area contributed by atoms with E-state index in [4.69, 9.17) is 32.9 Å². The van der Waals surface area contributed by atoms with Crippen LogP contribution in [0.25, 0.3) is 0 Å². The first-order valence-corrected chi connectivity index (χ1v) is 17.3. The Balaban J connectivity index is 1.63. The van der Waals surface area contributed by atoms with E-state index in [1.54, 1.807) is 38.1 Å². The molecule has 234 valence electrons. The molecule has 8 nitrogen and oxygen atoms in total. The normalized spacial score (nSPS) is 25.1. The molecule has 11 heteroatoms. The topological polar surface area (TPSA) is 109 Å². The second-order valence-electron chi connectivity index (χ2n) is 12.2. The Morgan fingerprint density at radius 1 is 1.12 bits per heavy atom. The van der Waals surface area contributed by atoms with Crippen LogP contribution in [-0.4, -0.2) is 35.2 Å². The van der Waals surface area contributed by atoms with E-state index in [1.165, 1.54) is 5.56 Å². The molecule has 0 bridgehead atoms. The Hall–Kier alpha value is -2.29. The fourth-order valence-electron chi connectivity index (χ4n) is 6.92. The lowest BCUT2D eigenvalue weighted by atomic mass is 9.49. The van der Waals surface area contributed by atoms with Crippen LogP contribution in [-0.2, 0) is 23.8 Å². The van der Waals surface area contributed by atoms with Gasteiger partial charge in [0.2, 0.25) is 5.91 Å². The summed E-state index contributed by atoms with van der Waals surface area (Å²) in [6, 6.07) is 13.2. The zero-order valence-corrected chi connectivity index (χ0v) is 28.2. The predicted molar refractivity (Wildman–Crippen MR) is 175 cm³/mol. The summed E-state index contributed by atoms with van der Waals surface area (Å²) in [5.41, 5.74) is 3.32. The van der Waals surface area contributed by atoms with Crippen molar-refractivity contribution in [2.24, 2.45) is 16.5 Å². The molecule has 43 heavy (non-hydrogen) atoms. The monoisotopic (exact) mass is 647 g/mol. The average molecular weight is 648 g/mol. The highest BCUT2D eigenvalue weighted by molar-refractivity contribution is 7.80. The summed E-state index contributed by atoms with van der Waals surface area (Å²) in [7, 11) is -3.74. The van der Waals surface area contributed by atoms with Gasteiger partial charge in [-0.2, -0.15) is 0 Å². The number of hydrogen-bond acceptors (Lipinski definition) is 7. The zero-order chi connectivity index (χ0) is 31.6. The van der Waals surface area contributed by atoms with Crippen LogP contribution in [0.5, 0.6) is 0 Å². The molecule has 0 radical (unpaired) electrons. The number of hydrogen-bond donors (Lipinski definition) is 3. The summed E-state index contributed by atoms with van der Waals surface area (Å²) >= 11 is 11.8. The molecule has 2 aliphatic carbocycles. The molecule has 1 amide bonds. The van der Waals surface area contributed by atoms with Crippen molar-refractivity contribution in [1.29, 1.82) is 0 Å². The third-order valence-electron chi connectivity index (χ3n) is 9.22. The maximum absolute atomic E-state index is 14.2. The molecule has 1 fully saturated rings. The minimum atomic E-state index is -3.74. The molecule has 3 N–H and O–H groups in total. The molecule has 2 aromatic carbocycles. The van der Waals surface area contributed by atoms with Crippen molar-refractivity contribution in [2.75, 3.05) is 13.2 Å². The summed E-state index contributed by atoms with van der Waals surface area (Å²) < 4.78 is 25.2. The number of carbonyl (C=O) groups is 1. The Morgan fingerprint density at radius 2 is 1.74 bits per heavy atom. The van der Waals surface area contributed by atoms with E-state index in [0.717, 1.165) is 24.0 Å². The van der Waals surface area contributed by atoms with Crippen molar-refractivity contribution in [3.63, 3.8) is 0 Å². The summed E-state index contributed by atoms with van der Waals surface area (Å²) in [6.07, 6.45) is 2.88. The first-order valence-electron chi connectivity index (χ1n) is 14.9. The molecule has 2 unspecified atom stereocenters. The third-order valence-corrected chi connectivity index (χ3v) is 12.0. The van der Waals surface area contributed by atoms with Crippen molar-refractivity contribution in [3.05, 3.63) is 69.7 Å². The molecular weight excluding hydrogens is 605 g/mol. The number of benzene rings is 2. The summed E-state index contributed by atoms with van der Waals surface area (Å²) in [5.74, 6) is -1.00. The SMILES string of the molecule is CCOP(=O)(OCC)C(NC(=S)NC(=O)[C@]1(C)CCC[C@]2(C)c3ccc(C(C)C)cc3/C(=N\O)CC12)c1ccc(Cl)cc1. The molecule has 1 saturated carbocycles. The Bertz CT molecular complexity index is 1420. The predicted octanol–water partition coefficient (Wildman–Crippen LogP) is 8.07. The van der Waals surface area contributed by atoms with Crippen molar-refractivity contribution < 1.29 is 23.6 Å². The summed E-state index contributed by atoms with van der Waals surface area (Å²) in [6.45, 7) is 12.3. The van der Waals surface area contributed by atoms with E-state index in [9.17, 15) is 14.6 Å². The number of halogens is 1. The van der Waals surface area contributed by atoms with Crippen LogP contribution in [0.3, 0.4) is 0 Å². The lowest BCUT2D eigenvalue weighted by molar-refractivity contribution is -0.136. The number of nitrogens with zero attached hydrogens (tertiary/aromatic N) is 1. The second kappa shape index (κ2) is 13.4. The Kier molecular flexibility index (Phi) is 10.4. The van der Waals surface area contributed by atoms with Crippen molar-refractivity contribution in [1.82, 2.24) is 10.6 Å². The fraction of sp³-hybridized carbons (Fsp3) is 0.531. The second-order valence-corrected chi connectivity index (χ2v) is 15.2. The van der Waals surface area contributed by atoms with Crippen LogP contribution in [0.4, 0.5) is 0 Å². The minimum Gasteiger partial charge on any atom is -0.411 e. The first-order chi connectivity index (χ1) is 20.3. The van der Waals surface area contributed by atoms with E-state index in [1.807, 2.05) is 6.92 Å². The van der Waals surface area contributed by atoms with Gasteiger partial charge in [-0.05, 0) is 97.5 Å². The van der Waals surface area contributed by atoms with Gasteiger partial charge in [-0.15, -0.1) is 0 Å². The number of amides is 1. The molecule has 0 spiro atoms. The minimum absolute atomic E-state index is 0.0203. The molecular formula is C32H43ClN3O5PS. The van der Waals surface area contributed by atoms with E-state index in [-0.39, 0.29) is 35.6 Å². The van der Waals surface area contributed by atoms with Crippen molar-refractivity contribution in [2.45, 2.75) is 84.3 Å². The molecule has 0 aliphatic heterocycles. The molecule has 2 aliphatic rings. The van der Waals surface area contributed by atoms with Gasteiger partial charge in [-0.25, -0.2) is 0 Å². The summed E-state index contributed by atoms with van der Waals surface area (Å²) in [4.78, 5) is 14.2.